The van der Waals surface area contributed by atoms with Crippen LogP contribution in [0.4, 0.5) is 5.69 Å². The Bertz CT molecular complexity index is 526. The van der Waals surface area contributed by atoms with Gasteiger partial charge in [-0.25, -0.2) is 0 Å². The number of nitrogens with two attached hydrogens (primary N) is 1. The van der Waals surface area contributed by atoms with E-state index >= 15 is 0 Å². The first kappa shape index (κ1) is 15.1. The molecule has 0 bridgehead atoms. The van der Waals surface area contributed by atoms with Crippen molar-refractivity contribution in [1.29, 1.82) is 0 Å². The molecule has 3 N–H and O–H groups in total. The normalized spacial score (nSPS) is 15.7. The molecule has 110 valence electrons. The second kappa shape index (κ2) is 5.61. The van der Waals surface area contributed by atoms with Crippen LogP contribution in [-0.4, -0.2) is 25.2 Å². The molecule has 0 saturated carbocycles. The van der Waals surface area contributed by atoms with Gasteiger partial charge in [0.05, 0.1) is 11.7 Å². The molecule has 1 aromatic carbocycles. The average molecular weight is 343 g/mol. The number of fused-ring (bicyclic) bond motifs is 1. The summed E-state index contributed by atoms with van der Waals surface area (Å²) in [5.41, 5.74) is 6.27. The third-order valence-corrected chi connectivity index (χ3v) is 3.76. The summed E-state index contributed by atoms with van der Waals surface area (Å²) < 4.78 is 11.7. The Hall–Kier alpha value is -1.27. The fraction of sp³-hybridized carbons (Fsp3) is 0.500. The van der Waals surface area contributed by atoms with Crippen LogP contribution in [0, 0.1) is 5.41 Å². The number of rotatable bonds is 2. The maximum atomic E-state index is 12.2. The summed E-state index contributed by atoms with van der Waals surface area (Å²) in [6.07, 6.45) is 0. The minimum Gasteiger partial charge on any atom is -0.486 e. The molecule has 1 atom stereocenters. The summed E-state index contributed by atoms with van der Waals surface area (Å²) in [4.78, 5) is 12.2. The van der Waals surface area contributed by atoms with Crippen LogP contribution in [0.1, 0.15) is 20.8 Å². The van der Waals surface area contributed by atoms with Gasteiger partial charge in [0, 0.05) is 16.6 Å². The van der Waals surface area contributed by atoms with Crippen LogP contribution in [0.15, 0.2) is 16.6 Å². The molecular weight excluding hydrogens is 324 g/mol. The molecule has 1 aliphatic rings. The maximum absolute atomic E-state index is 12.2. The number of halogens is 1. The lowest BCUT2D eigenvalue weighted by Crippen LogP contribution is -2.45. The van der Waals surface area contributed by atoms with Crippen molar-refractivity contribution in [3.63, 3.8) is 0 Å². The lowest BCUT2D eigenvalue weighted by Gasteiger charge is -2.26. The second-order valence-corrected chi connectivity index (χ2v) is 6.66. The van der Waals surface area contributed by atoms with E-state index in [1.165, 1.54) is 0 Å². The van der Waals surface area contributed by atoms with Gasteiger partial charge in [0.1, 0.15) is 13.2 Å². The molecule has 1 aliphatic heterocycles. The monoisotopic (exact) mass is 342 g/mol. The predicted molar refractivity (Wildman–Crippen MR) is 81.2 cm³/mol. The van der Waals surface area contributed by atoms with Crippen molar-refractivity contribution >= 4 is 27.5 Å². The Labute approximate surface area is 126 Å². The van der Waals surface area contributed by atoms with Gasteiger partial charge in [0.25, 0.3) is 0 Å². The first-order chi connectivity index (χ1) is 9.29. The molecule has 0 fully saturated rings. The van der Waals surface area contributed by atoms with Crippen molar-refractivity contribution in [2.75, 3.05) is 18.5 Å². The van der Waals surface area contributed by atoms with Crippen molar-refractivity contribution in [1.82, 2.24) is 0 Å². The van der Waals surface area contributed by atoms with Crippen molar-refractivity contribution in [2.24, 2.45) is 11.1 Å². The third-order valence-electron chi connectivity index (χ3n) is 3.11. The molecule has 0 radical (unpaired) electrons. The SMILES string of the molecule is CC(C)(C)[C@@H](N)C(=O)Nc1cc2c(cc1Br)OCCO2. The van der Waals surface area contributed by atoms with E-state index in [-0.39, 0.29) is 11.3 Å². The molecule has 5 nitrogen and oxygen atoms in total. The number of hydrogen-bond acceptors (Lipinski definition) is 4. The summed E-state index contributed by atoms with van der Waals surface area (Å²) in [7, 11) is 0. The van der Waals surface area contributed by atoms with Crippen LogP contribution in [0.5, 0.6) is 11.5 Å². The number of benzene rings is 1. The zero-order valence-corrected chi connectivity index (χ0v) is 13.4. The van der Waals surface area contributed by atoms with Gasteiger partial charge in [-0.1, -0.05) is 20.8 Å². The Morgan fingerprint density at radius 1 is 1.30 bits per heavy atom. The highest BCUT2D eigenvalue weighted by Crippen LogP contribution is 2.38. The molecular formula is C14H19BrN2O3. The van der Waals surface area contributed by atoms with Gasteiger partial charge in [-0.3, -0.25) is 4.79 Å². The zero-order chi connectivity index (χ0) is 14.9. The van der Waals surface area contributed by atoms with E-state index in [4.69, 9.17) is 15.2 Å². The van der Waals surface area contributed by atoms with Crippen LogP contribution >= 0.6 is 15.9 Å². The van der Waals surface area contributed by atoms with E-state index in [2.05, 4.69) is 21.2 Å². The number of ether oxygens (including phenoxy) is 2. The smallest absolute Gasteiger partial charge is 0.241 e. The molecule has 0 aromatic heterocycles. The first-order valence-electron chi connectivity index (χ1n) is 6.44. The number of amides is 1. The molecule has 0 saturated heterocycles. The summed E-state index contributed by atoms with van der Waals surface area (Å²) in [5.74, 6) is 1.07. The van der Waals surface area contributed by atoms with Crippen LogP contribution in [0.25, 0.3) is 0 Å². The molecule has 0 aliphatic carbocycles. The molecule has 1 aromatic rings. The number of carbonyl (C=O) groups excluding carboxylic acids is 1. The summed E-state index contributed by atoms with van der Waals surface area (Å²) in [6.45, 7) is 6.81. The molecule has 0 spiro atoms. The Morgan fingerprint density at radius 3 is 2.40 bits per heavy atom. The molecule has 1 heterocycles. The Kier molecular flexibility index (Phi) is 4.25. The van der Waals surface area contributed by atoms with E-state index in [0.717, 1.165) is 4.47 Å². The number of carbonyl (C=O) groups is 1. The van der Waals surface area contributed by atoms with E-state index in [1.54, 1.807) is 12.1 Å². The van der Waals surface area contributed by atoms with Gasteiger partial charge in [-0.05, 0) is 21.3 Å². The van der Waals surface area contributed by atoms with Crippen LogP contribution in [-0.2, 0) is 4.79 Å². The van der Waals surface area contributed by atoms with Gasteiger partial charge in [-0.15, -0.1) is 0 Å². The van der Waals surface area contributed by atoms with Gasteiger partial charge in [0.15, 0.2) is 11.5 Å². The van der Waals surface area contributed by atoms with Gasteiger partial charge in [0.2, 0.25) is 5.91 Å². The standard InChI is InChI=1S/C14H19BrN2O3/c1-14(2,3)12(16)13(18)17-9-7-11-10(6-8(9)15)19-4-5-20-11/h6-7,12H,4-5,16H2,1-3H3,(H,17,18)/t12-/m0/s1. The maximum Gasteiger partial charge on any atom is 0.241 e. The minimum absolute atomic E-state index is 0.227. The van der Waals surface area contributed by atoms with Crippen LogP contribution in [0.3, 0.4) is 0 Å². The summed E-state index contributed by atoms with van der Waals surface area (Å²) >= 11 is 3.41. The predicted octanol–water partition coefficient (Wildman–Crippen LogP) is 2.53. The molecule has 1 amide bonds. The number of nitrogens with one attached hydrogen (secondary N) is 1. The fourth-order valence-electron chi connectivity index (χ4n) is 1.76. The first-order valence-corrected chi connectivity index (χ1v) is 7.24. The largest absolute Gasteiger partial charge is 0.486 e. The lowest BCUT2D eigenvalue weighted by molar-refractivity contribution is -0.119. The van der Waals surface area contributed by atoms with E-state index in [9.17, 15) is 4.79 Å². The highest BCUT2D eigenvalue weighted by molar-refractivity contribution is 9.10. The number of hydrogen-bond donors (Lipinski definition) is 2. The molecule has 20 heavy (non-hydrogen) atoms. The average Bonchev–Trinajstić information content (AvgIpc) is 2.37. The van der Waals surface area contributed by atoms with Crippen molar-refractivity contribution in [3.8, 4) is 11.5 Å². The van der Waals surface area contributed by atoms with Crippen LogP contribution < -0.4 is 20.5 Å². The second-order valence-electron chi connectivity index (χ2n) is 5.81. The van der Waals surface area contributed by atoms with Gasteiger partial charge >= 0.3 is 0 Å². The van der Waals surface area contributed by atoms with Crippen molar-refractivity contribution in [3.05, 3.63) is 16.6 Å². The summed E-state index contributed by atoms with van der Waals surface area (Å²) in [5, 5.41) is 2.82. The third kappa shape index (κ3) is 3.24. The van der Waals surface area contributed by atoms with Gasteiger partial charge in [-0.2, -0.15) is 0 Å². The van der Waals surface area contributed by atoms with Crippen molar-refractivity contribution in [2.45, 2.75) is 26.8 Å². The van der Waals surface area contributed by atoms with Gasteiger partial charge < -0.3 is 20.5 Å². The molecule has 2 rings (SSSR count). The van der Waals surface area contributed by atoms with Crippen molar-refractivity contribution < 1.29 is 14.3 Å². The fourth-order valence-corrected chi connectivity index (χ4v) is 2.19. The van der Waals surface area contributed by atoms with E-state index in [0.29, 0.717) is 30.4 Å². The number of anilines is 1. The summed E-state index contributed by atoms with van der Waals surface area (Å²) in [6, 6.07) is 2.93. The Morgan fingerprint density at radius 2 is 1.85 bits per heavy atom. The Balaban J connectivity index is 2.19. The van der Waals surface area contributed by atoms with E-state index in [1.807, 2.05) is 20.8 Å². The molecule has 0 unspecified atom stereocenters. The lowest BCUT2D eigenvalue weighted by atomic mass is 9.87. The quantitative estimate of drug-likeness (QED) is 0.866. The highest BCUT2D eigenvalue weighted by atomic mass is 79.9. The highest BCUT2D eigenvalue weighted by Gasteiger charge is 2.28. The minimum atomic E-state index is -0.595. The van der Waals surface area contributed by atoms with Crippen LogP contribution in [0.2, 0.25) is 0 Å². The van der Waals surface area contributed by atoms with E-state index < -0.39 is 6.04 Å². The topological polar surface area (TPSA) is 73.6 Å². The zero-order valence-electron chi connectivity index (χ0n) is 11.8. The molecule has 6 heteroatoms.